The molecule has 0 aliphatic heterocycles. The summed E-state index contributed by atoms with van der Waals surface area (Å²) in [4.78, 5) is 1.11. The first-order valence-corrected chi connectivity index (χ1v) is 7.60. The maximum absolute atomic E-state index is 13.8. The van der Waals surface area contributed by atoms with Crippen LogP contribution < -0.4 is 5.32 Å². The summed E-state index contributed by atoms with van der Waals surface area (Å²) >= 11 is 4.58. The predicted octanol–water partition coefficient (Wildman–Crippen LogP) is 5.60. The molecule has 2 rings (SSSR count). The second-order valence-corrected chi connectivity index (χ2v) is 6.46. The first-order valence-electron chi connectivity index (χ1n) is 5.93. The van der Waals surface area contributed by atoms with Gasteiger partial charge in [0.1, 0.15) is 11.6 Å². The van der Waals surface area contributed by atoms with Crippen LogP contribution in [0.25, 0.3) is 0 Å². The van der Waals surface area contributed by atoms with E-state index in [2.05, 4.69) is 21.2 Å². The fourth-order valence-corrected chi connectivity index (χ4v) is 3.10. The summed E-state index contributed by atoms with van der Waals surface area (Å²) < 4.78 is 27.5. The topological polar surface area (TPSA) is 12.0 Å². The Balaban J connectivity index is 2.30. The molecule has 1 N–H and O–H groups in total. The molecule has 0 amide bonds. The molecule has 0 aliphatic rings. The fourth-order valence-electron chi connectivity index (χ4n) is 1.84. The molecule has 19 heavy (non-hydrogen) atoms. The van der Waals surface area contributed by atoms with Crippen LogP contribution >= 0.6 is 27.3 Å². The van der Waals surface area contributed by atoms with Crippen LogP contribution in [0.5, 0.6) is 0 Å². The molecular weight excluding hydrogens is 332 g/mol. The minimum absolute atomic E-state index is 0.0323. The minimum atomic E-state index is -0.474. The molecule has 1 aromatic heterocycles. The highest BCUT2D eigenvalue weighted by molar-refractivity contribution is 9.10. The van der Waals surface area contributed by atoms with E-state index in [0.29, 0.717) is 0 Å². The monoisotopic (exact) mass is 345 g/mol. The van der Waals surface area contributed by atoms with Crippen molar-refractivity contribution in [2.24, 2.45) is 5.92 Å². The van der Waals surface area contributed by atoms with Crippen molar-refractivity contribution in [1.82, 2.24) is 0 Å². The molecule has 1 unspecified atom stereocenters. The molecule has 1 nitrogen and oxygen atoms in total. The molecule has 0 radical (unpaired) electrons. The summed E-state index contributed by atoms with van der Waals surface area (Å²) in [6.07, 6.45) is 0. The summed E-state index contributed by atoms with van der Waals surface area (Å²) in [5.74, 6) is -0.669. The van der Waals surface area contributed by atoms with E-state index in [1.165, 1.54) is 6.07 Å². The van der Waals surface area contributed by atoms with Gasteiger partial charge in [-0.2, -0.15) is 0 Å². The van der Waals surface area contributed by atoms with Crippen LogP contribution in [-0.4, -0.2) is 0 Å². The van der Waals surface area contributed by atoms with E-state index in [0.717, 1.165) is 10.9 Å². The predicted molar refractivity (Wildman–Crippen MR) is 79.6 cm³/mol. The van der Waals surface area contributed by atoms with E-state index >= 15 is 0 Å². The van der Waals surface area contributed by atoms with Crippen LogP contribution in [0.15, 0.2) is 34.1 Å². The average Bonchev–Trinajstić information content (AvgIpc) is 2.85. The molecule has 102 valence electrons. The summed E-state index contributed by atoms with van der Waals surface area (Å²) in [6.45, 7) is 4.09. The molecule has 0 aliphatic carbocycles. The van der Waals surface area contributed by atoms with E-state index in [1.807, 2.05) is 31.4 Å². The van der Waals surface area contributed by atoms with Gasteiger partial charge in [0, 0.05) is 10.9 Å². The molecular formula is C14H14BrF2NS. The van der Waals surface area contributed by atoms with Crippen molar-refractivity contribution in [1.29, 1.82) is 0 Å². The first-order chi connectivity index (χ1) is 8.99. The lowest BCUT2D eigenvalue weighted by molar-refractivity contribution is 0.543. The van der Waals surface area contributed by atoms with Crippen molar-refractivity contribution in [3.05, 3.63) is 50.6 Å². The molecule has 5 heteroatoms. The highest BCUT2D eigenvalue weighted by atomic mass is 79.9. The molecule has 1 aromatic carbocycles. The highest BCUT2D eigenvalue weighted by Gasteiger charge is 2.19. The zero-order valence-corrected chi connectivity index (χ0v) is 13.0. The number of benzene rings is 1. The molecule has 0 bridgehead atoms. The van der Waals surface area contributed by atoms with Crippen molar-refractivity contribution in [2.45, 2.75) is 19.9 Å². The van der Waals surface area contributed by atoms with E-state index in [9.17, 15) is 8.78 Å². The van der Waals surface area contributed by atoms with Crippen molar-refractivity contribution in [2.75, 3.05) is 5.32 Å². The quantitative estimate of drug-likeness (QED) is 0.711. The normalized spacial score (nSPS) is 12.7. The molecule has 0 saturated heterocycles. The number of thiophene rings is 1. The summed E-state index contributed by atoms with van der Waals surface area (Å²) in [7, 11) is 0. The van der Waals surface area contributed by atoms with Crippen molar-refractivity contribution < 1.29 is 8.78 Å². The molecule has 0 spiro atoms. The average molecular weight is 346 g/mol. The van der Waals surface area contributed by atoms with Gasteiger partial charge in [-0.05, 0) is 39.4 Å². The van der Waals surface area contributed by atoms with E-state index in [1.54, 1.807) is 11.3 Å². The largest absolute Gasteiger partial charge is 0.375 e. The zero-order chi connectivity index (χ0) is 14.0. The van der Waals surface area contributed by atoms with Gasteiger partial charge < -0.3 is 5.32 Å². The molecule has 0 fully saturated rings. The number of nitrogens with one attached hydrogen (secondary N) is 1. The Hall–Kier alpha value is -0.940. The minimum Gasteiger partial charge on any atom is -0.375 e. The van der Waals surface area contributed by atoms with Crippen molar-refractivity contribution >= 4 is 33.0 Å². The number of rotatable bonds is 4. The zero-order valence-electron chi connectivity index (χ0n) is 10.6. The summed E-state index contributed by atoms with van der Waals surface area (Å²) in [5, 5.41) is 5.07. The Morgan fingerprint density at radius 1 is 1.21 bits per heavy atom. The van der Waals surface area contributed by atoms with E-state index in [4.69, 9.17) is 0 Å². The fraction of sp³-hybridized carbons (Fsp3) is 0.286. The van der Waals surface area contributed by atoms with Crippen LogP contribution in [0.1, 0.15) is 24.8 Å². The van der Waals surface area contributed by atoms with Crippen molar-refractivity contribution in [3.63, 3.8) is 0 Å². The summed E-state index contributed by atoms with van der Waals surface area (Å²) in [6, 6.07) is 6.24. The molecule has 0 saturated carbocycles. The van der Waals surface area contributed by atoms with E-state index in [-0.39, 0.29) is 22.1 Å². The second kappa shape index (κ2) is 6.01. The Morgan fingerprint density at radius 2 is 1.95 bits per heavy atom. The van der Waals surface area contributed by atoms with Gasteiger partial charge in [0.2, 0.25) is 0 Å². The number of hydrogen-bond acceptors (Lipinski definition) is 2. The van der Waals surface area contributed by atoms with Gasteiger partial charge in [-0.15, -0.1) is 11.3 Å². The smallest absolute Gasteiger partial charge is 0.147 e. The van der Waals surface area contributed by atoms with Gasteiger partial charge in [-0.1, -0.05) is 19.9 Å². The molecule has 1 atom stereocenters. The third kappa shape index (κ3) is 3.34. The van der Waals surface area contributed by atoms with Crippen molar-refractivity contribution in [3.8, 4) is 0 Å². The first kappa shape index (κ1) is 14.5. The van der Waals surface area contributed by atoms with Crippen LogP contribution in [0, 0.1) is 17.6 Å². The Labute approximate surface area is 123 Å². The van der Waals surface area contributed by atoms with Gasteiger partial charge in [0.15, 0.2) is 0 Å². The van der Waals surface area contributed by atoms with Crippen LogP contribution in [-0.2, 0) is 0 Å². The third-order valence-electron chi connectivity index (χ3n) is 2.84. The van der Waals surface area contributed by atoms with Crippen LogP contribution in [0.3, 0.4) is 0 Å². The van der Waals surface area contributed by atoms with Gasteiger partial charge in [-0.3, -0.25) is 0 Å². The Kier molecular flexibility index (Phi) is 4.58. The Morgan fingerprint density at radius 3 is 2.53 bits per heavy atom. The van der Waals surface area contributed by atoms with Gasteiger partial charge in [0.25, 0.3) is 0 Å². The number of hydrogen-bond donors (Lipinski definition) is 1. The number of anilines is 1. The molecule has 1 heterocycles. The van der Waals surface area contributed by atoms with Gasteiger partial charge in [0.05, 0.1) is 16.2 Å². The number of halogens is 3. The SMILES string of the molecule is CC(C)C(Nc1cc(F)c(Br)cc1F)c1cccs1. The van der Waals surface area contributed by atoms with Crippen LogP contribution in [0.4, 0.5) is 14.5 Å². The van der Waals surface area contributed by atoms with Gasteiger partial charge in [-0.25, -0.2) is 8.78 Å². The lowest BCUT2D eigenvalue weighted by Crippen LogP contribution is -2.16. The second-order valence-electron chi connectivity index (χ2n) is 4.63. The third-order valence-corrected chi connectivity index (χ3v) is 4.40. The standard InChI is InChI=1S/C14H14BrF2NS/c1-8(2)14(13-4-3-5-19-13)18-12-7-10(16)9(15)6-11(12)17/h3-8,14,18H,1-2H3. The lowest BCUT2D eigenvalue weighted by Gasteiger charge is -2.23. The van der Waals surface area contributed by atoms with E-state index < -0.39 is 11.6 Å². The lowest BCUT2D eigenvalue weighted by atomic mass is 10.0. The Bertz CT molecular complexity index is 555. The maximum Gasteiger partial charge on any atom is 0.147 e. The maximum atomic E-state index is 13.8. The van der Waals surface area contributed by atoms with Crippen LogP contribution in [0.2, 0.25) is 0 Å². The molecule has 2 aromatic rings. The highest BCUT2D eigenvalue weighted by Crippen LogP contribution is 2.32. The van der Waals surface area contributed by atoms with Gasteiger partial charge >= 0.3 is 0 Å². The summed E-state index contributed by atoms with van der Waals surface area (Å²) in [5.41, 5.74) is 0.188.